The average molecular weight is 498 g/mol. The normalized spacial score (nSPS) is 15.1. The Kier molecular flexibility index (Phi) is 11.6. The Morgan fingerprint density at radius 3 is 1.97 bits per heavy atom. The summed E-state index contributed by atoms with van der Waals surface area (Å²) >= 11 is 0. The van der Waals surface area contributed by atoms with Gasteiger partial charge in [0.2, 0.25) is 17.7 Å². The molecule has 0 fully saturated rings. The Bertz CT molecular complexity index is 906. The largest absolute Gasteiger partial charge is 0.508 e. The molecule has 0 spiro atoms. The Balaban J connectivity index is 3.05. The smallest absolute Gasteiger partial charge is 0.328 e. The first-order valence-corrected chi connectivity index (χ1v) is 10.5. The maximum Gasteiger partial charge on any atom is 0.328 e. The number of carbonyl (C=O) groups excluding carboxylic acids is 3. The molecule has 5 atom stereocenters. The van der Waals surface area contributed by atoms with Crippen molar-refractivity contribution in [3.05, 3.63) is 29.8 Å². The third-order valence-corrected chi connectivity index (χ3v) is 4.87. The summed E-state index contributed by atoms with van der Waals surface area (Å²) in [7, 11) is 0. The van der Waals surface area contributed by atoms with Gasteiger partial charge in [0.1, 0.15) is 23.9 Å². The number of nitrogens with two attached hydrogens (primary N) is 1. The first-order valence-electron chi connectivity index (χ1n) is 10.5. The van der Waals surface area contributed by atoms with Gasteiger partial charge >= 0.3 is 11.9 Å². The molecule has 35 heavy (non-hydrogen) atoms. The van der Waals surface area contributed by atoms with Crippen molar-refractivity contribution in [1.29, 1.82) is 0 Å². The molecule has 10 N–H and O–H groups in total. The first-order chi connectivity index (χ1) is 16.3. The summed E-state index contributed by atoms with van der Waals surface area (Å²) in [5, 5.41) is 53.0. The summed E-state index contributed by atoms with van der Waals surface area (Å²) in [5.41, 5.74) is 6.09. The van der Waals surface area contributed by atoms with Gasteiger partial charge in [0, 0.05) is 12.8 Å². The Morgan fingerprint density at radius 2 is 1.49 bits per heavy atom. The molecule has 1 rings (SSSR count). The lowest BCUT2D eigenvalue weighted by molar-refractivity contribution is -0.143. The van der Waals surface area contributed by atoms with Crippen LogP contribution in [0, 0.1) is 0 Å². The summed E-state index contributed by atoms with van der Waals surface area (Å²) in [5.74, 6) is -5.63. The van der Waals surface area contributed by atoms with E-state index in [0.29, 0.717) is 5.56 Å². The van der Waals surface area contributed by atoms with Crippen molar-refractivity contribution < 1.29 is 49.5 Å². The monoisotopic (exact) mass is 498 g/mol. The first kappa shape index (κ1) is 29.3. The minimum atomic E-state index is -1.65. The molecule has 14 nitrogen and oxygen atoms in total. The molecular weight excluding hydrogens is 468 g/mol. The average Bonchev–Trinajstić information content (AvgIpc) is 2.79. The van der Waals surface area contributed by atoms with Gasteiger partial charge in [-0.25, -0.2) is 4.79 Å². The molecule has 14 heteroatoms. The number of hydrogen-bond donors (Lipinski definition) is 9. The van der Waals surface area contributed by atoms with Crippen molar-refractivity contribution in [2.75, 3.05) is 6.61 Å². The summed E-state index contributed by atoms with van der Waals surface area (Å²) in [4.78, 5) is 59.7. The van der Waals surface area contributed by atoms with Gasteiger partial charge in [-0.3, -0.25) is 19.2 Å². The fourth-order valence-electron chi connectivity index (χ4n) is 2.87. The van der Waals surface area contributed by atoms with Crippen LogP contribution in [0.25, 0.3) is 0 Å². The molecule has 194 valence electrons. The molecule has 0 saturated carbocycles. The van der Waals surface area contributed by atoms with Gasteiger partial charge < -0.3 is 47.2 Å². The molecule has 0 radical (unpaired) electrons. The molecular formula is C21H30N4O10. The molecule has 0 aliphatic rings. The topological polar surface area (TPSA) is 249 Å². The van der Waals surface area contributed by atoms with E-state index in [0.717, 1.165) is 0 Å². The van der Waals surface area contributed by atoms with Crippen LogP contribution in [0.2, 0.25) is 0 Å². The van der Waals surface area contributed by atoms with E-state index in [1.165, 1.54) is 31.2 Å². The summed E-state index contributed by atoms with van der Waals surface area (Å²) in [6, 6.07) is -0.344. The summed E-state index contributed by atoms with van der Waals surface area (Å²) in [6.07, 6.45) is -2.25. The molecule has 0 aliphatic carbocycles. The second-order valence-electron chi connectivity index (χ2n) is 7.78. The zero-order chi connectivity index (χ0) is 26.7. The van der Waals surface area contributed by atoms with Gasteiger partial charge in [0.15, 0.2) is 0 Å². The highest BCUT2D eigenvalue weighted by Crippen LogP contribution is 2.12. The third-order valence-electron chi connectivity index (χ3n) is 4.87. The van der Waals surface area contributed by atoms with Crippen LogP contribution in [-0.4, -0.2) is 92.1 Å². The van der Waals surface area contributed by atoms with E-state index in [2.05, 4.69) is 16.0 Å². The molecule has 0 bridgehead atoms. The van der Waals surface area contributed by atoms with Crippen molar-refractivity contribution in [2.24, 2.45) is 5.73 Å². The quantitative estimate of drug-likeness (QED) is 0.125. The molecule has 0 aromatic heterocycles. The van der Waals surface area contributed by atoms with E-state index in [9.17, 15) is 39.3 Å². The number of carbonyl (C=O) groups is 5. The van der Waals surface area contributed by atoms with E-state index in [1.807, 2.05) is 0 Å². The van der Waals surface area contributed by atoms with Gasteiger partial charge in [0.05, 0.1) is 18.8 Å². The number of carboxylic acids is 2. The van der Waals surface area contributed by atoms with Crippen molar-refractivity contribution in [1.82, 2.24) is 16.0 Å². The number of hydrogen-bond acceptors (Lipinski definition) is 9. The molecule has 3 amide bonds. The van der Waals surface area contributed by atoms with Crippen molar-refractivity contribution in [2.45, 2.75) is 56.5 Å². The van der Waals surface area contributed by atoms with Crippen LogP contribution >= 0.6 is 0 Å². The Morgan fingerprint density at radius 1 is 0.914 bits per heavy atom. The van der Waals surface area contributed by atoms with E-state index in [1.54, 1.807) is 0 Å². The molecule has 5 unspecified atom stereocenters. The predicted octanol–water partition coefficient (Wildman–Crippen LogP) is -2.96. The SMILES string of the molecule is CC(O)C(NC(=O)C(N)CCC(=O)O)C(=O)NC(Cc1ccc(O)cc1)C(=O)NC(CO)C(=O)O. The number of carboxylic acid groups (broad SMARTS) is 2. The van der Waals surface area contributed by atoms with Crippen LogP contribution in [-0.2, 0) is 30.4 Å². The number of rotatable bonds is 14. The molecule has 1 aromatic rings. The number of phenols is 1. The summed E-state index contributed by atoms with van der Waals surface area (Å²) < 4.78 is 0. The fraction of sp³-hybridized carbons (Fsp3) is 0.476. The van der Waals surface area contributed by atoms with Crippen LogP contribution in [0.5, 0.6) is 5.75 Å². The van der Waals surface area contributed by atoms with E-state index in [-0.39, 0.29) is 18.6 Å². The Hall–Kier alpha value is -3.75. The number of aliphatic hydroxyl groups is 2. The molecule has 0 aliphatic heterocycles. The lowest BCUT2D eigenvalue weighted by atomic mass is 10.0. The summed E-state index contributed by atoms with van der Waals surface area (Å²) in [6.45, 7) is 0.274. The van der Waals surface area contributed by atoms with E-state index in [4.69, 9.17) is 15.9 Å². The minimum Gasteiger partial charge on any atom is -0.508 e. The Labute approximate surface area is 200 Å². The fourth-order valence-corrected chi connectivity index (χ4v) is 2.87. The maximum absolute atomic E-state index is 12.9. The standard InChI is InChI=1S/C21H30N4O10/c1-10(27)17(25-18(31)13(22)6-7-16(29)30)20(33)23-14(8-11-2-4-12(28)5-3-11)19(32)24-15(9-26)21(34)35/h2-5,10,13-15,17,26-28H,6-9,22H2,1H3,(H,23,33)(H,24,32)(H,25,31)(H,29,30)(H,34,35). The van der Waals surface area contributed by atoms with E-state index < -0.39 is 73.0 Å². The molecule has 1 aromatic carbocycles. The van der Waals surface area contributed by atoms with Gasteiger partial charge in [-0.1, -0.05) is 12.1 Å². The number of aromatic hydroxyl groups is 1. The maximum atomic E-state index is 12.9. The minimum absolute atomic E-state index is 0.0545. The lowest BCUT2D eigenvalue weighted by Gasteiger charge is -2.26. The van der Waals surface area contributed by atoms with E-state index >= 15 is 0 Å². The third kappa shape index (κ3) is 9.95. The number of benzene rings is 1. The number of nitrogens with one attached hydrogen (secondary N) is 3. The lowest BCUT2D eigenvalue weighted by Crippen LogP contribution is -2.60. The van der Waals surface area contributed by atoms with Crippen molar-refractivity contribution in [3.63, 3.8) is 0 Å². The predicted molar refractivity (Wildman–Crippen MR) is 119 cm³/mol. The zero-order valence-electron chi connectivity index (χ0n) is 18.9. The van der Waals surface area contributed by atoms with Crippen molar-refractivity contribution >= 4 is 29.7 Å². The van der Waals surface area contributed by atoms with Crippen LogP contribution in [0.4, 0.5) is 0 Å². The van der Waals surface area contributed by atoms with Crippen LogP contribution in [0.1, 0.15) is 25.3 Å². The number of aliphatic carboxylic acids is 2. The van der Waals surface area contributed by atoms with Gasteiger partial charge in [0.25, 0.3) is 0 Å². The number of phenolic OH excluding ortho intramolecular Hbond substituents is 1. The number of amides is 3. The van der Waals surface area contributed by atoms with Crippen LogP contribution in [0.15, 0.2) is 24.3 Å². The van der Waals surface area contributed by atoms with Gasteiger partial charge in [-0.05, 0) is 31.0 Å². The highest BCUT2D eigenvalue weighted by atomic mass is 16.4. The highest BCUT2D eigenvalue weighted by molar-refractivity contribution is 5.94. The van der Waals surface area contributed by atoms with Gasteiger partial charge in [-0.2, -0.15) is 0 Å². The van der Waals surface area contributed by atoms with Gasteiger partial charge in [-0.15, -0.1) is 0 Å². The highest BCUT2D eigenvalue weighted by Gasteiger charge is 2.32. The molecule has 0 saturated heterocycles. The zero-order valence-corrected chi connectivity index (χ0v) is 18.9. The second-order valence-corrected chi connectivity index (χ2v) is 7.78. The number of aliphatic hydroxyl groups excluding tert-OH is 2. The van der Waals surface area contributed by atoms with Crippen LogP contribution in [0.3, 0.4) is 0 Å². The second kappa shape index (κ2) is 13.8. The molecule has 0 heterocycles. The van der Waals surface area contributed by atoms with Crippen LogP contribution < -0.4 is 21.7 Å². The van der Waals surface area contributed by atoms with Crippen molar-refractivity contribution in [3.8, 4) is 5.75 Å².